The van der Waals surface area contributed by atoms with Crippen LogP contribution in [-0.2, 0) is 4.79 Å². The summed E-state index contributed by atoms with van der Waals surface area (Å²) in [4.78, 5) is 21.8. The van der Waals surface area contributed by atoms with Crippen molar-refractivity contribution in [2.24, 2.45) is 10.7 Å². The van der Waals surface area contributed by atoms with Gasteiger partial charge in [-0.05, 0) is 42.3 Å². The number of nitrogens with zero attached hydrogens (tertiary/aromatic N) is 2. The minimum atomic E-state index is -0.685. The molecule has 31 heavy (non-hydrogen) atoms. The van der Waals surface area contributed by atoms with Crippen LogP contribution in [0.5, 0.6) is 5.75 Å². The van der Waals surface area contributed by atoms with Gasteiger partial charge < -0.3 is 15.8 Å². The highest BCUT2D eigenvalue weighted by Crippen LogP contribution is 2.27. The van der Waals surface area contributed by atoms with E-state index in [-0.39, 0.29) is 11.5 Å². The zero-order valence-corrected chi connectivity index (χ0v) is 17.9. The van der Waals surface area contributed by atoms with Crippen LogP contribution in [0.3, 0.4) is 0 Å². The molecule has 0 aliphatic heterocycles. The van der Waals surface area contributed by atoms with E-state index in [9.17, 15) is 4.79 Å². The number of carbonyl (C=O) groups excluding carboxylic acids is 1. The predicted molar refractivity (Wildman–Crippen MR) is 125 cm³/mol. The monoisotopic (exact) mass is 414 g/mol. The molecule has 0 aliphatic carbocycles. The second-order valence-electron chi connectivity index (χ2n) is 7.03. The molecule has 1 unspecified atom stereocenters. The van der Waals surface area contributed by atoms with Crippen molar-refractivity contribution in [3.8, 4) is 5.75 Å². The Morgan fingerprint density at radius 3 is 2.48 bits per heavy atom. The van der Waals surface area contributed by atoms with Crippen LogP contribution in [0.15, 0.2) is 83.7 Å². The van der Waals surface area contributed by atoms with Crippen molar-refractivity contribution in [3.05, 3.63) is 95.4 Å². The third-order valence-corrected chi connectivity index (χ3v) is 4.86. The molecule has 158 valence electrons. The maximum Gasteiger partial charge on any atom is 0.205 e. The summed E-state index contributed by atoms with van der Waals surface area (Å²) in [6.45, 7) is 2.00. The number of aryl methyl sites for hydroxylation is 1. The quantitative estimate of drug-likeness (QED) is 0.426. The molecule has 1 heterocycles. The normalized spacial score (nSPS) is 12.9. The molecule has 1 aromatic heterocycles. The number of ether oxygens (including phenoxy) is 1. The van der Waals surface area contributed by atoms with Gasteiger partial charge in [-0.3, -0.25) is 14.8 Å². The van der Waals surface area contributed by atoms with Crippen molar-refractivity contribution < 1.29 is 9.53 Å². The Bertz CT molecular complexity index is 1090. The molecule has 6 heteroatoms. The summed E-state index contributed by atoms with van der Waals surface area (Å²) < 4.78 is 5.31. The van der Waals surface area contributed by atoms with Crippen LogP contribution in [0.1, 0.15) is 22.7 Å². The first-order valence-corrected chi connectivity index (χ1v) is 9.87. The number of carbonyl (C=O) groups is 1. The van der Waals surface area contributed by atoms with Crippen molar-refractivity contribution in [2.45, 2.75) is 13.0 Å². The lowest BCUT2D eigenvalue weighted by atomic mass is 9.95. The number of nitrogens with two attached hydrogens (primary N) is 1. The van der Waals surface area contributed by atoms with Crippen LogP contribution in [0.25, 0.3) is 5.57 Å². The van der Waals surface area contributed by atoms with Crippen LogP contribution in [0.2, 0.25) is 0 Å². The Labute approximate surface area is 182 Å². The second-order valence-corrected chi connectivity index (χ2v) is 7.03. The van der Waals surface area contributed by atoms with Gasteiger partial charge in [0.1, 0.15) is 11.8 Å². The molecule has 3 N–H and O–H groups in total. The Kier molecular flexibility index (Phi) is 7.17. The Morgan fingerprint density at radius 2 is 1.84 bits per heavy atom. The number of rotatable bonds is 8. The first-order valence-electron chi connectivity index (χ1n) is 9.87. The number of hydrogen-bond donors (Lipinski definition) is 2. The summed E-state index contributed by atoms with van der Waals surface area (Å²) in [7, 11) is 3.25. The summed E-state index contributed by atoms with van der Waals surface area (Å²) in [5.41, 5.74) is 10.5. The summed E-state index contributed by atoms with van der Waals surface area (Å²) in [6.07, 6.45) is 4.91. The van der Waals surface area contributed by atoms with E-state index in [4.69, 9.17) is 10.5 Å². The smallest absolute Gasteiger partial charge is 0.205 e. The van der Waals surface area contributed by atoms with Gasteiger partial charge in [0.15, 0.2) is 0 Å². The van der Waals surface area contributed by atoms with Crippen molar-refractivity contribution in [1.29, 1.82) is 0 Å². The number of aromatic nitrogens is 1. The van der Waals surface area contributed by atoms with Gasteiger partial charge in [-0.25, -0.2) is 0 Å². The lowest BCUT2D eigenvalue weighted by Gasteiger charge is -2.21. The van der Waals surface area contributed by atoms with Crippen LogP contribution in [0.4, 0.5) is 5.69 Å². The van der Waals surface area contributed by atoms with Crippen molar-refractivity contribution in [1.82, 2.24) is 4.98 Å². The number of allylic oxidation sites excluding steroid dienone is 1. The number of methoxy groups -OCH3 is 1. The zero-order valence-electron chi connectivity index (χ0n) is 17.9. The standard InChI is InChI=1S/C25H26N4O2/c1-17-7-9-19(10-8-17)24(29-20-5-4-6-21(15-20)31-3)25(30)23(26)22(16-27-2)18-11-13-28-14-12-18/h4-16,24,29H,26H2,1-3H3. The number of benzene rings is 2. The van der Waals surface area contributed by atoms with Crippen molar-refractivity contribution >= 4 is 23.3 Å². The molecular formula is C25H26N4O2. The van der Waals surface area contributed by atoms with Crippen LogP contribution in [0, 0.1) is 6.92 Å². The Hall–Kier alpha value is -3.93. The topological polar surface area (TPSA) is 89.6 Å². The average molecular weight is 415 g/mol. The number of pyridine rings is 1. The molecule has 0 spiro atoms. The predicted octanol–water partition coefficient (Wildman–Crippen LogP) is 4.19. The van der Waals surface area contributed by atoms with E-state index in [0.29, 0.717) is 11.3 Å². The van der Waals surface area contributed by atoms with Gasteiger partial charge >= 0.3 is 0 Å². The highest BCUT2D eigenvalue weighted by Gasteiger charge is 2.25. The van der Waals surface area contributed by atoms with Gasteiger partial charge in [0.25, 0.3) is 0 Å². The summed E-state index contributed by atoms with van der Waals surface area (Å²) in [5, 5.41) is 3.32. The van der Waals surface area contributed by atoms with Gasteiger partial charge in [-0.15, -0.1) is 0 Å². The molecule has 0 aliphatic rings. The first-order chi connectivity index (χ1) is 15.0. The zero-order chi connectivity index (χ0) is 22.2. The fourth-order valence-corrected chi connectivity index (χ4v) is 3.19. The van der Waals surface area contributed by atoms with Crippen LogP contribution >= 0.6 is 0 Å². The minimum absolute atomic E-state index is 0.123. The van der Waals surface area contributed by atoms with Gasteiger partial charge in [-0.1, -0.05) is 35.9 Å². The second kappa shape index (κ2) is 10.2. The molecule has 6 nitrogen and oxygen atoms in total. The van der Waals surface area contributed by atoms with E-state index in [1.54, 1.807) is 44.9 Å². The third kappa shape index (κ3) is 5.36. The molecule has 0 amide bonds. The molecule has 3 aromatic rings. The molecule has 0 saturated heterocycles. The van der Waals surface area contributed by atoms with Gasteiger partial charge in [0.05, 0.1) is 12.8 Å². The van der Waals surface area contributed by atoms with Crippen molar-refractivity contribution in [3.63, 3.8) is 0 Å². The van der Waals surface area contributed by atoms with Gasteiger partial charge in [0, 0.05) is 43.0 Å². The van der Waals surface area contributed by atoms with Crippen LogP contribution in [-0.4, -0.2) is 31.1 Å². The molecule has 0 radical (unpaired) electrons. The Morgan fingerprint density at radius 1 is 1.13 bits per heavy atom. The maximum atomic E-state index is 13.6. The third-order valence-electron chi connectivity index (χ3n) is 4.86. The molecule has 2 aromatic carbocycles. The van der Waals surface area contributed by atoms with E-state index in [0.717, 1.165) is 22.4 Å². The SMILES string of the molecule is CN=CC(=C(N)C(=O)C(Nc1cccc(OC)c1)c1ccc(C)cc1)c1ccncc1. The first kappa shape index (κ1) is 21.8. The number of ketones is 1. The molecule has 1 atom stereocenters. The molecular weight excluding hydrogens is 388 g/mol. The van der Waals surface area contributed by atoms with E-state index >= 15 is 0 Å². The highest BCUT2D eigenvalue weighted by molar-refractivity contribution is 6.20. The molecule has 3 rings (SSSR count). The lowest BCUT2D eigenvalue weighted by Crippen LogP contribution is -2.27. The summed E-state index contributed by atoms with van der Waals surface area (Å²) in [6, 6.07) is 18.2. The van der Waals surface area contributed by atoms with Crippen LogP contribution < -0.4 is 15.8 Å². The number of anilines is 1. The number of Topliss-reactive ketones (excluding diaryl/α,β-unsaturated/α-hetero) is 1. The average Bonchev–Trinajstić information content (AvgIpc) is 2.81. The largest absolute Gasteiger partial charge is 0.497 e. The number of nitrogens with one attached hydrogen (secondary N) is 1. The summed E-state index contributed by atoms with van der Waals surface area (Å²) in [5.74, 6) is 0.442. The van der Waals surface area contributed by atoms with Gasteiger partial charge in [-0.2, -0.15) is 0 Å². The fraction of sp³-hybridized carbons (Fsp3) is 0.160. The molecule has 0 saturated carbocycles. The highest BCUT2D eigenvalue weighted by atomic mass is 16.5. The molecule has 0 bridgehead atoms. The van der Waals surface area contributed by atoms with Gasteiger partial charge in [0.2, 0.25) is 5.78 Å². The number of aliphatic imine (C=N–C) groups is 1. The van der Waals surface area contributed by atoms with E-state index in [1.807, 2.05) is 55.5 Å². The molecule has 0 fully saturated rings. The van der Waals surface area contributed by atoms with E-state index in [2.05, 4.69) is 15.3 Å². The number of hydrogen-bond acceptors (Lipinski definition) is 6. The van der Waals surface area contributed by atoms with E-state index in [1.165, 1.54) is 0 Å². The van der Waals surface area contributed by atoms with Crippen molar-refractivity contribution in [2.75, 3.05) is 19.5 Å². The maximum absolute atomic E-state index is 13.6. The fourth-order valence-electron chi connectivity index (χ4n) is 3.19. The summed E-state index contributed by atoms with van der Waals surface area (Å²) >= 11 is 0. The minimum Gasteiger partial charge on any atom is -0.497 e. The van der Waals surface area contributed by atoms with E-state index < -0.39 is 6.04 Å². The lowest BCUT2D eigenvalue weighted by molar-refractivity contribution is -0.116. The Balaban J connectivity index is 2.06.